The van der Waals surface area contributed by atoms with Crippen LogP contribution in [0.4, 0.5) is 0 Å². The van der Waals surface area contributed by atoms with Crippen LogP contribution in [0.15, 0.2) is 52.8 Å². The maximum absolute atomic E-state index is 13.9. The van der Waals surface area contributed by atoms with Gasteiger partial charge in [-0.25, -0.2) is 0 Å². The molecule has 1 fully saturated rings. The Kier molecular flexibility index (Phi) is 6.15. The predicted molar refractivity (Wildman–Crippen MR) is 136 cm³/mol. The molecule has 8 heteroatoms. The monoisotopic (exact) mass is 489 g/mol. The van der Waals surface area contributed by atoms with Crippen molar-refractivity contribution < 1.29 is 19.1 Å². The SMILES string of the molecule is COC(=O)CCN(Cc1ccc2c(c1)CN=C2)C(=O)C1(C)CCN1C(=O)c1csc2ccccc12. The minimum atomic E-state index is -0.962. The number of hydrogen-bond acceptors (Lipinski definition) is 6. The van der Waals surface area contributed by atoms with Gasteiger partial charge in [0, 0.05) is 41.3 Å². The van der Waals surface area contributed by atoms with Crippen molar-refractivity contribution in [1.82, 2.24) is 9.80 Å². The van der Waals surface area contributed by atoms with Gasteiger partial charge < -0.3 is 14.5 Å². The van der Waals surface area contributed by atoms with Crippen LogP contribution >= 0.6 is 11.3 Å². The Morgan fingerprint density at radius 2 is 2.03 bits per heavy atom. The molecule has 1 aromatic heterocycles. The van der Waals surface area contributed by atoms with Gasteiger partial charge in [-0.15, -0.1) is 11.3 Å². The molecule has 1 unspecified atom stereocenters. The number of hydrogen-bond donors (Lipinski definition) is 0. The van der Waals surface area contributed by atoms with Crippen molar-refractivity contribution in [3.8, 4) is 0 Å². The van der Waals surface area contributed by atoms with Gasteiger partial charge in [0.05, 0.1) is 25.6 Å². The molecule has 3 heterocycles. The molecule has 0 aliphatic carbocycles. The van der Waals surface area contributed by atoms with Crippen LogP contribution in [0.3, 0.4) is 0 Å². The lowest BCUT2D eigenvalue weighted by Crippen LogP contribution is -2.67. The highest BCUT2D eigenvalue weighted by Crippen LogP contribution is 2.37. The molecule has 1 atom stereocenters. The summed E-state index contributed by atoms with van der Waals surface area (Å²) in [6.45, 7) is 3.55. The largest absolute Gasteiger partial charge is 0.469 e. The molecule has 1 saturated heterocycles. The number of aliphatic imine (C=N–C) groups is 1. The summed E-state index contributed by atoms with van der Waals surface area (Å²) in [6.07, 6.45) is 2.52. The first-order valence-corrected chi connectivity index (χ1v) is 12.5. The second-order valence-electron chi connectivity index (χ2n) is 9.18. The molecule has 2 aliphatic rings. The second kappa shape index (κ2) is 9.26. The number of carbonyl (C=O) groups is 3. The number of fused-ring (bicyclic) bond motifs is 2. The second-order valence-corrected chi connectivity index (χ2v) is 10.1. The van der Waals surface area contributed by atoms with E-state index in [0.717, 1.165) is 26.8 Å². The number of benzene rings is 2. The third kappa shape index (κ3) is 4.23. The van der Waals surface area contributed by atoms with Gasteiger partial charge in [-0.3, -0.25) is 19.4 Å². The van der Waals surface area contributed by atoms with E-state index in [1.807, 2.05) is 54.9 Å². The number of thiophene rings is 1. The maximum Gasteiger partial charge on any atom is 0.307 e. The van der Waals surface area contributed by atoms with Gasteiger partial charge in [0.25, 0.3) is 5.91 Å². The van der Waals surface area contributed by atoms with Gasteiger partial charge >= 0.3 is 5.97 Å². The first-order chi connectivity index (χ1) is 16.9. The van der Waals surface area contributed by atoms with Crippen molar-refractivity contribution >= 4 is 45.4 Å². The van der Waals surface area contributed by atoms with E-state index >= 15 is 0 Å². The summed E-state index contributed by atoms with van der Waals surface area (Å²) >= 11 is 1.53. The van der Waals surface area contributed by atoms with Crippen molar-refractivity contribution in [2.24, 2.45) is 4.99 Å². The summed E-state index contributed by atoms with van der Waals surface area (Å²) in [4.78, 5) is 47.0. The number of ether oxygens (including phenoxy) is 1. The zero-order chi connectivity index (χ0) is 24.6. The van der Waals surface area contributed by atoms with Crippen molar-refractivity contribution in [2.75, 3.05) is 20.2 Å². The van der Waals surface area contributed by atoms with Gasteiger partial charge in [0.1, 0.15) is 5.54 Å². The van der Waals surface area contributed by atoms with Gasteiger partial charge in [0.15, 0.2) is 0 Å². The zero-order valence-electron chi connectivity index (χ0n) is 19.8. The number of esters is 1. The number of nitrogens with zero attached hydrogens (tertiary/aromatic N) is 3. The number of rotatable bonds is 7. The number of methoxy groups -OCH3 is 1. The molecule has 0 N–H and O–H groups in total. The van der Waals surface area contributed by atoms with Crippen molar-refractivity contribution in [3.63, 3.8) is 0 Å². The summed E-state index contributed by atoms with van der Waals surface area (Å²) in [6, 6.07) is 13.9. The summed E-state index contributed by atoms with van der Waals surface area (Å²) in [5.41, 5.74) is 2.85. The summed E-state index contributed by atoms with van der Waals surface area (Å²) < 4.78 is 5.86. The van der Waals surface area contributed by atoms with Crippen LogP contribution in [0.25, 0.3) is 10.1 Å². The molecule has 2 aromatic carbocycles. The van der Waals surface area contributed by atoms with E-state index in [-0.39, 0.29) is 30.7 Å². The molecule has 2 amide bonds. The third-order valence-electron chi connectivity index (χ3n) is 7.01. The third-order valence-corrected chi connectivity index (χ3v) is 7.97. The molecular formula is C27H27N3O4S. The van der Waals surface area contributed by atoms with Crippen LogP contribution in [0.1, 0.15) is 46.8 Å². The van der Waals surface area contributed by atoms with E-state index in [1.165, 1.54) is 18.4 Å². The molecule has 7 nitrogen and oxygen atoms in total. The minimum absolute atomic E-state index is 0.0927. The lowest BCUT2D eigenvalue weighted by Gasteiger charge is -2.51. The van der Waals surface area contributed by atoms with E-state index in [4.69, 9.17) is 4.74 Å². The smallest absolute Gasteiger partial charge is 0.307 e. The van der Waals surface area contributed by atoms with E-state index in [2.05, 4.69) is 11.1 Å². The summed E-state index contributed by atoms with van der Waals surface area (Å²) in [7, 11) is 1.34. The van der Waals surface area contributed by atoms with Gasteiger partial charge in [-0.05, 0) is 36.1 Å². The molecule has 35 heavy (non-hydrogen) atoms. The van der Waals surface area contributed by atoms with Gasteiger partial charge in [-0.2, -0.15) is 0 Å². The molecule has 180 valence electrons. The molecular weight excluding hydrogens is 462 g/mol. The van der Waals surface area contributed by atoms with Crippen LogP contribution in [-0.4, -0.2) is 59.5 Å². The van der Waals surface area contributed by atoms with Gasteiger partial charge in [0.2, 0.25) is 5.91 Å². The number of amides is 2. The predicted octanol–water partition coefficient (Wildman–Crippen LogP) is 4.03. The van der Waals surface area contributed by atoms with Crippen LogP contribution in [-0.2, 0) is 27.4 Å². The molecule has 3 aromatic rings. The fourth-order valence-corrected chi connectivity index (χ4v) is 5.73. The Hall–Kier alpha value is -3.52. The zero-order valence-corrected chi connectivity index (χ0v) is 20.6. The standard InChI is InChI=1S/C27H27N3O4S/c1-27(10-12-30(27)25(32)22-17-35-23-6-4-3-5-21(22)23)26(33)29(11-9-24(31)34-2)16-18-7-8-19-14-28-15-20(19)13-18/h3-8,13-14,17H,9-12,15-16H2,1-2H3. The quantitative estimate of drug-likeness (QED) is 0.470. The highest BCUT2D eigenvalue weighted by Gasteiger charge is 2.51. The normalized spacial score (nSPS) is 18.3. The summed E-state index contributed by atoms with van der Waals surface area (Å²) in [5, 5.41) is 2.78. The minimum Gasteiger partial charge on any atom is -0.469 e. The van der Waals surface area contributed by atoms with Gasteiger partial charge in [-0.1, -0.05) is 36.4 Å². The molecule has 2 aliphatic heterocycles. The number of likely N-dealkylation sites (tertiary alicyclic amines) is 1. The molecule has 0 radical (unpaired) electrons. The van der Waals surface area contributed by atoms with Crippen LogP contribution < -0.4 is 0 Å². The number of carbonyl (C=O) groups excluding carboxylic acids is 3. The topological polar surface area (TPSA) is 79.3 Å². The highest BCUT2D eigenvalue weighted by atomic mass is 32.1. The first-order valence-electron chi connectivity index (χ1n) is 11.7. The lowest BCUT2D eigenvalue weighted by molar-refractivity contribution is -0.151. The van der Waals surface area contributed by atoms with Crippen molar-refractivity contribution in [1.29, 1.82) is 0 Å². The Balaban J connectivity index is 1.39. The Labute approximate surface area is 208 Å². The van der Waals surface area contributed by atoms with Crippen molar-refractivity contribution in [3.05, 3.63) is 70.1 Å². The average Bonchev–Trinajstić information content (AvgIpc) is 3.51. The van der Waals surface area contributed by atoms with Crippen molar-refractivity contribution in [2.45, 2.75) is 38.4 Å². The van der Waals surface area contributed by atoms with Crippen LogP contribution in [0.2, 0.25) is 0 Å². The Morgan fingerprint density at radius 1 is 1.20 bits per heavy atom. The van der Waals surface area contributed by atoms with E-state index in [9.17, 15) is 14.4 Å². The highest BCUT2D eigenvalue weighted by molar-refractivity contribution is 7.17. The van der Waals surface area contributed by atoms with Crippen LogP contribution in [0, 0.1) is 0 Å². The van der Waals surface area contributed by atoms with E-state index in [0.29, 0.717) is 31.6 Å². The molecule has 0 spiro atoms. The Morgan fingerprint density at radius 3 is 2.80 bits per heavy atom. The average molecular weight is 490 g/mol. The molecule has 5 rings (SSSR count). The fourth-order valence-electron chi connectivity index (χ4n) is 4.80. The Bertz CT molecular complexity index is 1350. The van der Waals surface area contributed by atoms with E-state index < -0.39 is 5.54 Å². The molecule has 0 saturated carbocycles. The van der Waals surface area contributed by atoms with E-state index in [1.54, 1.807) is 9.80 Å². The lowest BCUT2D eigenvalue weighted by atomic mass is 9.84. The molecule has 0 bridgehead atoms. The summed E-state index contributed by atoms with van der Waals surface area (Å²) in [5.74, 6) is -0.661. The fraction of sp³-hybridized carbons (Fsp3) is 0.333. The maximum atomic E-state index is 13.9. The first kappa shape index (κ1) is 23.2. The van der Waals surface area contributed by atoms with Crippen LogP contribution in [0.5, 0.6) is 0 Å².